The van der Waals surface area contributed by atoms with Crippen LogP contribution < -0.4 is 10.9 Å². The molecule has 122 valence electrons. The number of hydrogen-bond acceptors (Lipinski definition) is 4. The number of hydrogen-bond donors (Lipinski definition) is 1. The van der Waals surface area contributed by atoms with Crippen molar-refractivity contribution in [3.05, 3.63) is 52.3 Å². The molecule has 0 aliphatic carbocycles. The van der Waals surface area contributed by atoms with E-state index in [0.29, 0.717) is 23.4 Å². The first-order chi connectivity index (χ1) is 11.0. The molecule has 0 saturated heterocycles. The predicted molar refractivity (Wildman–Crippen MR) is 93.6 cm³/mol. The molecule has 0 atom stereocenters. The Morgan fingerprint density at radius 1 is 1.30 bits per heavy atom. The van der Waals surface area contributed by atoms with Crippen molar-refractivity contribution in [1.29, 1.82) is 0 Å². The van der Waals surface area contributed by atoms with E-state index in [-0.39, 0.29) is 11.5 Å². The van der Waals surface area contributed by atoms with Crippen molar-refractivity contribution in [1.82, 2.24) is 9.55 Å². The lowest BCUT2D eigenvalue weighted by Gasteiger charge is -2.15. The Morgan fingerprint density at radius 2 is 2.00 bits per heavy atom. The summed E-state index contributed by atoms with van der Waals surface area (Å²) in [6.45, 7) is 6.11. The highest BCUT2D eigenvalue weighted by Gasteiger charge is 2.12. The standard InChI is InChI=1S/C17H21N3O2S/c1-12(2)10-20-16(22)9-15(18-13(3)21)19-17(20)23-11-14-7-5-4-6-8-14/h4-9,12H,10-11H2,1-3H3,(H,18,21). The maximum absolute atomic E-state index is 12.3. The van der Waals surface area contributed by atoms with Crippen molar-refractivity contribution in [3.63, 3.8) is 0 Å². The van der Waals surface area contributed by atoms with Crippen LogP contribution in [0.5, 0.6) is 0 Å². The third-order valence-corrected chi connectivity index (χ3v) is 4.08. The van der Waals surface area contributed by atoms with Crippen molar-refractivity contribution in [3.8, 4) is 0 Å². The summed E-state index contributed by atoms with van der Waals surface area (Å²) >= 11 is 1.50. The third kappa shape index (κ3) is 5.25. The molecule has 1 amide bonds. The summed E-state index contributed by atoms with van der Waals surface area (Å²) in [4.78, 5) is 28.0. The molecule has 0 unspecified atom stereocenters. The minimum Gasteiger partial charge on any atom is -0.311 e. The van der Waals surface area contributed by atoms with Gasteiger partial charge in [0.15, 0.2) is 5.16 Å². The van der Waals surface area contributed by atoms with Gasteiger partial charge in [-0.3, -0.25) is 14.2 Å². The van der Waals surface area contributed by atoms with E-state index in [1.54, 1.807) is 4.57 Å². The van der Waals surface area contributed by atoms with Gasteiger partial charge in [-0.25, -0.2) is 4.98 Å². The number of benzene rings is 1. The van der Waals surface area contributed by atoms with Gasteiger partial charge in [-0.1, -0.05) is 55.9 Å². The van der Waals surface area contributed by atoms with Crippen LogP contribution in [0.25, 0.3) is 0 Å². The number of nitrogens with zero attached hydrogens (tertiary/aromatic N) is 2. The van der Waals surface area contributed by atoms with Gasteiger partial charge in [-0.2, -0.15) is 0 Å². The monoisotopic (exact) mass is 331 g/mol. The van der Waals surface area contributed by atoms with Crippen LogP contribution in [0.3, 0.4) is 0 Å². The minimum absolute atomic E-state index is 0.145. The zero-order valence-corrected chi connectivity index (χ0v) is 14.4. The van der Waals surface area contributed by atoms with Crippen molar-refractivity contribution in [2.45, 2.75) is 38.2 Å². The van der Waals surface area contributed by atoms with E-state index in [0.717, 1.165) is 11.3 Å². The smallest absolute Gasteiger partial charge is 0.256 e. The number of amides is 1. The first-order valence-electron chi connectivity index (χ1n) is 7.52. The molecule has 1 heterocycles. The summed E-state index contributed by atoms with van der Waals surface area (Å²) in [6, 6.07) is 11.4. The first-order valence-corrected chi connectivity index (χ1v) is 8.50. The summed E-state index contributed by atoms with van der Waals surface area (Å²) in [7, 11) is 0. The van der Waals surface area contributed by atoms with Gasteiger partial charge in [0.25, 0.3) is 5.56 Å². The number of thioether (sulfide) groups is 1. The topological polar surface area (TPSA) is 64.0 Å². The molecule has 0 saturated carbocycles. The van der Waals surface area contributed by atoms with Crippen molar-refractivity contribution in [2.24, 2.45) is 5.92 Å². The number of anilines is 1. The highest BCUT2D eigenvalue weighted by Crippen LogP contribution is 2.22. The van der Waals surface area contributed by atoms with Crippen molar-refractivity contribution < 1.29 is 4.79 Å². The van der Waals surface area contributed by atoms with E-state index in [2.05, 4.69) is 24.1 Å². The summed E-state index contributed by atoms with van der Waals surface area (Å²) < 4.78 is 1.67. The van der Waals surface area contributed by atoms with Gasteiger partial charge < -0.3 is 5.32 Å². The number of rotatable bonds is 6. The van der Waals surface area contributed by atoms with Crippen LogP contribution in [0.15, 0.2) is 46.3 Å². The van der Waals surface area contributed by atoms with Gasteiger partial charge in [-0.15, -0.1) is 0 Å². The molecule has 2 aromatic rings. The second kappa shape index (κ2) is 7.97. The van der Waals surface area contributed by atoms with Gasteiger partial charge in [0, 0.05) is 25.3 Å². The van der Waals surface area contributed by atoms with Crippen LogP contribution in [-0.2, 0) is 17.1 Å². The van der Waals surface area contributed by atoms with Crippen LogP contribution in [0.2, 0.25) is 0 Å². The number of carbonyl (C=O) groups is 1. The van der Waals surface area contributed by atoms with E-state index in [4.69, 9.17) is 0 Å². The molecular weight excluding hydrogens is 310 g/mol. The van der Waals surface area contributed by atoms with Crippen LogP contribution in [0, 0.1) is 5.92 Å². The lowest BCUT2D eigenvalue weighted by atomic mass is 10.2. The predicted octanol–water partition coefficient (Wildman–Crippen LogP) is 3.15. The second-order valence-corrected chi connectivity index (χ2v) is 6.66. The number of nitrogens with one attached hydrogen (secondary N) is 1. The van der Waals surface area contributed by atoms with E-state index in [1.165, 1.54) is 24.8 Å². The fourth-order valence-electron chi connectivity index (χ4n) is 2.09. The SMILES string of the molecule is CC(=O)Nc1cc(=O)n(CC(C)C)c(SCc2ccccc2)n1. The third-order valence-electron chi connectivity index (χ3n) is 3.04. The molecule has 6 heteroatoms. The zero-order chi connectivity index (χ0) is 16.8. The molecule has 1 aromatic carbocycles. The maximum Gasteiger partial charge on any atom is 0.256 e. The number of aromatic nitrogens is 2. The number of carbonyl (C=O) groups excluding carboxylic acids is 1. The van der Waals surface area contributed by atoms with Gasteiger partial charge in [0.05, 0.1) is 0 Å². The van der Waals surface area contributed by atoms with E-state index >= 15 is 0 Å². The summed E-state index contributed by atoms with van der Waals surface area (Å²) in [5, 5.41) is 3.21. The minimum atomic E-state index is -0.238. The Labute approximate surface area is 140 Å². The van der Waals surface area contributed by atoms with Gasteiger partial charge >= 0.3 is 0 Å². The lowest BCUT2D eigenvalue weighted by Crippen LogP contribution is -2.26. The fourth-order valence-corrected chi connectivity index (χ4v) is 3.07. The highest BCUT2D eigenvalue weighted by atomic mass is 32.2. The molecule has 1 N–H and O–H groups in total. The van der Waals surface area contributed by atoms with Crippen LogP contribution in [-0.4, -0.2) is 15.5 Å². The Balaban J connectivity index is 2.30. The molecule has 2 rings (SSSR count). The molecule has 0 spiro atoms. The van der Waals surface area contributed by atoms with Gasteiger partial charge in [-0.05, 0) is 11.5 Å². The van der Waals surface area contributed by atoms with Crippen LogP contribution >= 0.6 is 11.8 Å². The van der Waals surface area contributed by atoms with Gasteiger partial charge in [0.1, 0.15) is 5.82 Å². The van der Waals surface area contributed by atoms with Crippen molar-refractivity contribution in [2.75, 3.05) is 5.32 Å². The Kier molecular flexibility index (Phi) is 5.98. The Morgan fingerprint density at radius 3 is 2.61 bits per heavy atom. The van der Waals surface area contributed by atoms with E-state index in [9.17, 15) is 9.59 Å². The van der Waals surface area contributed by atoms with Crippen LogP contribution in [0.1, 0.15) is 26.3 Å². The Hall–Kier alpha value is -2.08. The largest absolute Gasteiger partial charge is 0.311 e. The molecule has 23 heavy (non-hydrogen) atoms. The normalized spacial score (nSPS) is 10.8. The first kappa shape index (κ1) is 17.3. The maximum atomic E-state index is 12.3. The summed E-state index contributed by atoms with van der Waals surface area (Å²) in [6.07, 6.45) is 0. The molecule has 0 fully saturated rings. The fraction of sp³-hybridized carbons (Fsp3) is 0.353. The Bertz CT molecular complexity index is 726. The van der Waals surface area contributed by atoms with Crippen LogP contribution in [0.4, 0.5) is 5.82 Å². The molecule has 0 radical (unpaired) electrons. The molecule has 0 bridgehead atoms. The average Bonchev–Trinajstić information content (AvgIpc) is 2.48. The molecule has 1 aromatic heterocycles. The van der Waals surface area contributed by atoms with Crippen molar-refractivity contribution >= 4 is 23.5 Å². The van der Waals surface area contributed by atoms with Gasteiger partial charge in [0.2, 0.25) is 5.91 Å². The highest BCUT2D eigenvalue weighted by molar-refractivity contribution is 7.98. The molecule has 0 aliphatic heterocycles. The molecule has 5 nitrogen and oxygen atoms in total. The summed E-state index contributed by atoms with van der Waals surface area (Å²) in [5.41, 5.74) is 1.01. The van der Waals surface area contributed by atoms with E-state index < -0.39 is 0 Å². The second-order valence-electron chi connectivity index (χ2n) is 5.72. The quantitative estimate of drug-likeness (QED) is 0.652. The molecular formula is C17H21N3O2S. The zero-order valence-electron chi connectivity index (χ0n) is 13.6. The summed E-state index contributed by atoms with van der Waals surface area (Å²) in [5.74, 6) is 1.11. The lowest BCUT2D eigenvalue weighted by molar-refractivity contribution is -0.114. The average molecular weight is 331 g/mol. The molecule has 0 aliphatic rings. The van der Waals surface area contributed by atoms with E-state index in [1.807, 2.05) is 30.3 Å².